The van der Waals surface area contributed by atoms with Crippen LogP contribution in [0.5, 0.6) is 0 Å². The quantitative estimate of drug-likeness (QED) is 0.436. The van der Waals surface area contributed by atoms with E-state index in [2.05, 4.69) is 0 Å². The van der Waals surface area contributed by atoms with Gasteiger partial charge in [0.05, 0.1) is 0 Å². The van der Waals surface area contributed by atoms with Gasteiger partial charge in [-0.15, -0.1) is 0 Å². The van der Waals surface area contributed by atoms with Crippen LogP contribution in [0.1, 0.15) is 0 Å². The van der Waals surface area contributed by atoms with Crippen molar-refractivity contribution >= 4 is 10.2 Å². The van der Waals surface area contributed by atoms with E-state index in [1.54, 1.807) is 0 Å². The normalized spacial score (nSPS) is 17.8. The van der Waals surface area contributed by atoms with Gasteiger partial charge < -0.3 is 5.11 Å². The first-order chi connectivity index (χ1) is 11.7. The molecule has 28 heavy (non-hydrogen) atoms. The van der Waals surface area contributed by atoms with Crippen LogP contribution in [-0.4, -0.2) is 68.7 Å². The minimum absolute atomic E-state index is 1.61. The van der Waals surface area contributed by atoms with Gasteiger partial charge in [0.2, 0.25) is 0 Å². The average molecular weight is 480 g/mol. The van der Waals surface area contributed by atoms with Crippen LogP contribution in [0.4, 0.5) is 74.6 Å². The van der Waals surface area contributed by atoms with Crippen molar-refractivity contribution in [3.05, 3.63) is 0 Å². The van der Waals surface area contributed by atoms with Crippen LogP contribution in [0.3, 0.4) is 0 Å². The number of halogens is 17. The van der Waals surface area contributed by atoms with Gasteiger partial charge in [0.25, 0.3) is 0 Å². The van der Waals surface area contributed by atoms with E-state index in [-0.39, 0.29) is 0 Å². The molecule has 0 aromatic heterocycles. The topological polar surface area (TPSA) is 20.2 Å². The second kappa shape index (κ2) is 6.49. The zero-order valence-corrected chi connectivity index (χ0v) is 14.4. The van der Waals surface area contributed by atoms with Crippen LogP contribution in [0.2, 0.25) is 0 Å². The van der Waals surface area contributed by atoms with E-state index in [0.29, 0.717) is 0 Å². The molecular formula is C9H5F17OSi. The van der Waals surface area contributed by atoms with Gasteiger partial charge in [-0.25, -0.2) is 0 Å². The predicted octanol–water partition coefficient (Wildman–Crippen LogP) is 3.68. The molecule has 0 bridgehead atoms. The van der Waals surface area contributed by atoms with Gasteiger partial charge in [-0.05, 0) is 0 Å². The lowest BCUT2D eigenvalue weighted by molar-refractivity contribution is -0.463. The summed E-state index contributed by atoms with van der Waals surface area (Å²) in [6, 6.07) is 0. The lowest BCUT2D eigenvalue weighted by Crippen LogP contribution is -2.75. The van der Waals surface area contributed by atoms with Crippen molar-refractivity contribution < 1.29 is 79.7 Å². The van der Waals surface area contributed by atoms with Crippen LogP contribution in [0.15, 0.2) is 0 Å². The highest BCUT2D eigenvalue weighted by Crippen LogP contribution is 2.64. The number of hydrogen-bond donors (Lipinski definition) is 1. The van der Waals surface area contributed by atoms with Gasteiger partial charge in [-0.1, -0.05) is 0 Å². The van der Waals surface area contributed by atoms with Crippen molar-refractivity contribution in [2.45, 2.75) is 53.4 Å². The van der Waals surface area contributed by atoms with E-state index < -0.39 is 63.6 Å². The fourth-order valence-corrected chi connectivity index (χ4v) is 1.80. The molecule has 1 nitrogen and oxygen atoms in total. The Labute approximate surface area is 144 Å². The summed E-state index contributed by atoms with van der Waals surface area (Å²) < 4.78 is 217. The second-order valence-corrected chi connectivity index (χ2v) is 6.34. The highest BCUT2D eigenvalue weighted by molar-refractivity contribution is 6.11. The summed E-state index contributed by atoms with van der Waals surface area (Å²) in [6.45, 7) is 0. The third-order valence-corrected chi connectivity index (χ3v) is 4.00. The van der Waals surface area contributed by atoms with E-state index in [1.807, 2.05) is 0 Å². The van der Waals surface area contributed by atoms with E-state index in [0.717, 1.165) is 0 Å². The molecule has 1 atom stereocenters. The van der Waals surface area contributed by atoms with Gasteiger partial charge in [0.1, 0.15) is 5.73 Å². The molecule has 170 valence electrons. The average Bonchev–Trinajstić information content (AvgIpc) is 2.44. The number of aliphatic hydroxyl groups excluding tert-OH is 1. The molecule has 1 unspecified atom stereocenters. The fraction of sp³-hybridized carbons (Fsp3) is 1.00. The summed E-state index contributed by atoms with van der Waals surface area (Å²) in [4.78, 5) is 0. The van der Waals surface area contributed by atoms with Gasteiger partial charge in [-0.2, -0.15) is 74.6 Å². The smallest absolute Gasteiger partial charge is 0.391 e. The Balaban J connectivity index is 6.72. The third-order valence-electron chi connectivity index (χ3n) is 3.27. The van der Waals surface area contributed by atoms with Crippen molar-refractivity contribution in [3.8, 4) is 0 Å². The highest BCUT2D eigenvalue weighted by atomic mass is 28.1. The molecule has 0 spiro atoms. The maximum Gasteiger partial charge on any atom is 0.460 e. The molecule has 0 saturated heterocycles. The first kappa shape index (κ1) is 27.0. The van der Waals surface area contributed by atoms with E-state index in [1.165, 1.54) is 0 Å². The Morgan fingerprint density at radius 3 is 0.857 bits per heavy atom. The summed E-state index contributed by atoms with van der Waals surface area (Å²) in [5, 5.41) is 8.29. The fourth-order valence-electron chi connectivity index (χ4n) is 1.44. The van der Waals surface area contributed by atoms with Crippen molar-refractivity contribution in [2.24, 2.45) is 0 Å². The number of hydrogen-bond acceptors (Lipinski definition) is 1. The number of rotatable bonds is 7. The van der Waals surface area contributed by atoms with Crippen LogP contribution in [0.25, 0.3) is 0 Å². The van der Waals surface area contributed by atoms with Crippen LogP contribution in [-0.2, 0) is 0 Å². The molecule has 0 saturated carbocycles. The van der Waals surface area contributed by atoms with E-state index in [4.69, 9.17) is 5.11 Å². The van der Waals surface area contributed by atoms with Gasteiger partial charge in [0, 0.05) is 10.2 Å². The maximum atomic E-state index is 13.1. The molecule has 0 aromatic carbocycles. The minimum Gasteiger partial charge on any atom is -0.391 e. The van der Waals surface area contributed by atoms with Gasteiger partial charge in [-0.3, -0.25) is 0 Å². The molecule has 0 heterocycles. The standard InChI is InChI=1S/C9H5F17OSi/c10-2(11,1(27)28)3(12,13)4(14,15)5(16,17)6(18,19)7(20,21)8(22,23)9(24,25)26/h1,27H,28H3. The molecule has 1 N–H and O–H groups in total. The molecule has 0 aliphatic heterocycles. The minimum atomic E-state index is -8.64. The Morgan fingerprint density at radius 2 is 0.643 bits per heavy atom. The predicted molar refractivity (Wildman–Crippen MR) is 56.6 cm³/mol. The Kier molecular flexibility index (Phi) is 6.26. The SMILES string of the molecule is OC([SiH3])C(F)(F)C(F)(F)C(F)(F)C(F)(F)C(F)(F)C(F)(F)C(F)(F)C(F)(F)F. The summed E-state index contributed by atoms with van der Waals surface area (Å²) in [5.74, 6) is -56.8. The van der Waals surface area contributed by atoms with Crippen molar-refractivity contribution in [3.63, 3.8) is 0 Å². The van der Waals surface area contributed by atoms with E-state index >= 15 is 0 Å². The lowest BCUT2D eigenvalue weighted by Gasteiger charge is -2.43. The monoisotopic (exact) mass is 480 g/mol. The highest BCUT2D eigenvalue weighted by Gasteiger charge is 2.95. The maximum absolute atomic E-state index is 13.1. The molecule has 0 radical (unpaired) electrons. The molecule has 0 aromatic rings. The van der Waals surface area contributed by atoms with Crippen molar-refractivity contribution in [2.75, 3.05) is 0 Å². The lowest BCUT2D eigenvalue weighted by atomic mass is 9.89. The molecule has 0 rings (SSSR count). The molecule has 0 aliphatic rings. The number of alkyl halides is 17. The largest absolute Gasteiger partial charge is 0.460 e. The molecule has 0 fully saturated rings. The summed E-state index contributed by atoms with van der Waals surface area (Å²) in [5.41, 5.74) is -3.88. The first-order valence-corrected chi connectivity index (χ1v) is 7.24. The van der Waals surface area contributed by atoms with Crippen LogP contribution >= 0.6 is 0 Å². The second-order valence-electron chi connectivity index (χ2n) is 5.24. The third kappa shape index (κ3) is 3.11. The Bertz CT molecular complexity index is 576. The molecule has 0 aliphatic carbocycles. The molecule has 0 amide bonds. The molecule has 19 heteroatoms. The Hall–Kier alpha value is -1.01. The van der Waals surface area contributed by atoms with Crippen LogP contribution < -0.4 is 0 Å². The van der Waals surface area contributed by atoms with Crippen LogP contribution in [0, 0.1) is 0 Å². The van der Waals surface area contributed by atoms with E-state index in [9.17, 15) is 74.6 Å². The summed E-state index contributed by atoms with van der Waals surface area (Å²) >= 11 is 0. The van der Waals surface area contributed by atoms with Crippen molar-refractivity contribution in [1.29, 1.82) is 0 Å². The van der Waals surface area contributed by atoms with Crippen molar-refractivity contribution in [1.82, 2.24) is 0 Å². The van der Waals surface area contributed by atoms with Gasteiger partial charge >= 0.3 is 47.6 Å². The number of aliphatic hydroxyl groups is 1. The summed E-state index contributed by atoms with van der Waals surface area (Å²) in [7, 11) is -1.61. The van der Waals surface area contributed by atoms with Gasteiger partial charge in [0.15, 0.2) is 0 Å². The Morgan fingerprint density at radius 1 is 0.429 bits per heavy atom. The first-order valence-electron chi connectivity index (χ1n) is 6.09. The zero-order valence-electron chi connectivity index (χ0n) is 12.4. The molecular weight excluding hydrogens is 475 g/mol. The zero-order chi connectivity index (χ0) is 23.6. The summed E-state index contributed by atoms with van der Waals surface area (Å²) in [6.07, 6.45) is -7.77.